The lowest BCUT2D eigenvalue weighted by atomic mass is 10.0. The van der Waals surface area contributed by atoms with Crippen LogP contribution in [0.25, 0.3) is 0 Å². The number of hydrogen-bond donors (Lipinski definition) is 1. The average Bonchev–Trinajstić information content (AvgIpc) is 2.14. The Morgan fingerprint density at radius 2 is 2.00 bits per heavy atom. The summed E-state index contributed by atoms with van der Waals surface area (Å²) in [6.07, 6.45) is -4.74. The third-order valence-corrected chi connectivity index (χ3v) is 2.11. The van der Waals surface area contributed by atoms with Crippen LogP contribution in [0, 0.1) is 11.3 Å². The highest BCUT2D eigenvalue weighted by Crippen LogP contribution is 2.34. The minimum atomic E-state index is -4.74. The molecule has 7 heteroatoms. The minimum absolute atomic E-state index is 0.281. The molecule has 1 aromatic carbocycles. The second-order valence-electron chi connectivity index (χ2n) is 2.85. The summed E-state index contributed by atoms with van der Waals surface area (Å²) in [5, 5.41) is 8.23. The summed E-state index contributed by atoms with van der Waals surface area (Å²) in [5.74, 6) is -1.08. The normalized spacial score (nSPS) is 10.9. The third kappa shape index (κ3) is 2.25. The van der Waals surface area contributed by atoms with Crippen molar-refractivity contribution in [2.75, 3.05) is 0 Å². The molecule has 0 spiro atoms. The number of rotatable bonds is 1. The summed E-state index contributed by atoms with van der Waals surface area (Å²) in [6.45, 7) is 0. The van der Waals surface area contributed by atoms with Gasteiger partial charge in [-0.15, -0.1) is 0 Å². The summed E-state index contributed by atoms with van der Waals surface area (Å²) in [4.78, 5) is 10.8. The van der Waals surface area contributed by atoms with Crippen LogP contribution in [0.5, 0.6) is 0 Å². The van der Waals surface area contributed by atoms with Crippen molar-refractivity contribution in [1.82, 2.24) is 0 Å². The van der Waals surface area contributed by atoms with Crippen molar-refractivity contribution in [3.05, 3.63) is 33.8 Å². The molecule has 0 heterocycles. The fraction of sp³-hybridized carbons (Fsp3) is 0.111. The van der Waals surface area contributed by atoms with Crippen LogP contribution < -0.4 is 5.73 Å². The van der Waals surface area contributed by atoms with Crippen LogP contribution in [0.4, 0.5) is 13.2 Å². The van der Waals surface area contributed by atoms with Gasteiger partial charge in [-0.05, 0) is 12.1 Å². The fourth-order valence-corrected chi connectivity index (χ4v) is 1.35. The fourth-order valence-electron chi connectivity index (χ4n) is 1.09. The molecule has 1 amide bonds. The van der Waals surface area contributed by atoms with Gasteiger partial charge in [0.15, 0.2) is 0 Å². The predicted octanol–water partition coefficient (Wildman–Crippen LogP) is 2.33. The Balaban J connectivity index is 3.55. The number of nitriles is 1. The maximum Gasteiger partial charge on any atom is 0.417 e. The van der Waals surface area contributed by atoms with Crippen molar-refractivity contribution in [1.29, 1.82) is 5.26 Å². The van der Waals surface area contributed by atoms with E-state index in [4.69, 9.17) is 22.6 Å². The van der Waals surface area contributed by atoms with E-state index >= 15 is 0 Å². The van der Waals surface area contributed by atoms with E-state index < -0.39 is 28.8 Å². The molecule has 0 aliphatic carbocycles. The second kappa shape index (κ2) is 4.02. The summed E-state index contributed by atoms with van der Waals surface area (Å²) >= 11 is 5.51. The number of nitrogens with two attached hydrogens (primary N) is 1. The smallest absolute Gasteiger partial charge is 0.366 e. The van der Waals surface area contributed by atoms with Crippen LogP contribution in [-0.4, -0.2) is 5.91 Å². The van der Waals surface area contributed by atoms with Crippen LogP contribution in [0.15, 0.2) is 12.1 Å². The van der Waals surface area contributed by atoms with E-state index in [-0.39, 0.29) is 5.02 Å². The number of carbonyl (C=O) groups is 1. The van der Waals surface area contributed by atoms with Gasteiger partial charge in [-0.25, -0.2) is 0 Å². The zero-order valence-electron chi connectivity index (χ0n) is 7.60. The van der Waals surface area contributed by atoms with Gasteiger partial charge in [0, 0.05) is 0 Å². The van der Waals surface area contributed by atoms with Gasteiger partial charge in [-0.1, -0.05) is 11.6 Å². The molecule has 0 unspecified atom stereocenters. The maximum atomic E-state index is 12.5. The molecule has 0 aromatic heterocycles. The highest BCUT2D eigenvalue weighted by molar-refractivity contribution is 6.33. The number of carbonyl (C=O) groups excluding carboxylic acids is 1. The molecule has 3 nitrogen and oxygen atoms in total. The van der Waals surface area contributed by atoms with Gasteiger partial charge in [0.05, 0.1) is 27.8 Å². The Morgan fingerprint density at radius 3 is 2.38 bits per heavy atom. The van der Waals surface area contributed by atoms with Gasteiger partial charge in [-0.2, -0.15) is 18.4 Å². The lowest BCUT2D eigenvalue weighted by Crippen LogP contribution is -2.15. The van der Waals surface area contributed by atoms with Gasteiger partial charge in [0.2, 0.25) is 5.91 Å². The average molecular weight is 249 g/mol. The van der Waals surface area contributed by atoms with Crippen molar-refractivity contribution in [3.63, 3.8) is 0 Å². The van der Waals surface area contributed by atoms with Crippen molar-refractivity contribution in [2.24, 2.45) is 5.73 Å². The van der Waals surface area contributed by atoms with Crippen molar-refractivity contribution in [3.8, 4) is 6.07 Å². The Labute approximate surface area is 93.2 Å². The highest BCUT2D eigenvalue weighted by atomic mass is 35.5. The van der Waals surface area contributed by atoms with E-state index in [1.165, 1.54) is 6.07 Å². The molecule has 0 aliphatic rings. The number of benzene rings is 1. The van der Waals surface area contributed by atoms with Gasteiger partial charge < -0.3 is 5.73 Å². The molecule has 0 fully saturated rings. The molecule has 2 N–H and O–H groups in total. The van der Waals surface area contributed by atoms with Gasteiger partial charge in [0.25, 0.3) is 0 Å². The largest absolute Gasteiger partial charge is 0.417 e. The molecule has 0 saturated carbocycles. The summed E-state index contributed by atoms with van der Waals surface area (Å²) < 4.78 is 37.4. The Kier molecular flexibility index (Phi) is 3.10. The first-order valence-electron chi connectivity index (χ1n) is 3.88. The molecule has 0 radical (unpaired) electrons. The predicted molar refractivity (Wildman–Crippen MR) is 49.7 cm³/mol. The Bertz CT molecular complexity index is 491. The molecule has 0 saturated heterocycles. The number of hydrogen-bond acceptors (Lipinski definition) is 2. The van der Waals surface area contributed by atoms with Gasteiger partial charge >= 0.3 is 6.18 Å². The van der Waals surface area contributed by atoms with E-state index in [2.05, 4.69) is 0 Å². The highest BCUT2D eigenvalue weighted by Gasteiger charge is 2.34. The van der Waals surface area contributed by atoms with Crippen molar-refractivity contribution in [2.45, 2.75) is 6.18 Å². The molecule has 0 bridgehead atoms. The third-order valence-electron chi connectivity index (χ3n) is 1.80. The number of halogens is 4. The minimum Gasteiger partial charge on any atom is -0.366 e. The van der Waals surface area contributed by atoms with E-state index in [1.54, 1.807) is 0 Å². The monoisotopic (exact) mass is 248 g/mol. The van der Waals surface area contributed by atoms with E-state index in [1.807, 2.05) is 0 Å². The van der Waals surface area contributed by atoms with Crippen molar-refractivity contribution >= 4 is 17.5 Å². The Hall–Kier alpha value is -1.74. The lowest BCUT2D eigenvalue weighted by Gasteiger charge is -2.10. The quantitative estimate of drug-likeness (QED) is 0.829. The van der Waals surface area contributed by atoms with E-state index in [0.717, 1.165) is 6.07 Å². The first-order valence-corrected chi connectivity index (χ1v) is 4.26. The second-order valence-corrected chi connectivity index (χ2v) is 3.26. The lowest BCUT2D eigenvalue weighted by molar-refractivity contribution is -0.137. The number of primary amides is 1. The van der Waals surface area contributed by atoms with Gasteiger partial charge in [-0.3, -0.25) is 4.79 Å². The maximum absolute atomic E-state index is 12.5. The first-order chi connectivity index (χ1) is 7.27. The number of alkyl halides is 3. The number of nitrogens with zero attached hydrogens (tertiary/aromatic N) is 1. The van der Waals surface area contributed by atoms with Crippen LogP contribution in [0.1, 0.15) is 21.5 Å². The van der Waals surface area contributed by atoms with Crippen LogP contribution in [0.3, 0.4) is 0 Å². The summed E-state index contributed by atoms with van der Waals surface area (Å²) in [6, 6.07) is 2.60. The SMILES string of the molecule is N#Cc1cc(Cl)c(C(N)=O)cc1C(F)(F)F. The van der Waals surface area contributed by atoms with Crippen LogP contribution in [-0.2, 0) is 6.18 Å². The topological polar surface area (TPSA) is 66.9 Å². The zero-order chi connectivity index (χ0) is 12.5. The first kappa shape index (κ1) is 12.3. The van der Waals surface area contributed by atoms with E-state index in [9.17, 15) is 18.0 Å². The molecule has 1 rings (SSSR count). The molecular weight excluding hydrogens is 245 g/mol. The Morgan fingerprint density at radius 1 is 1.44 bits per heavy atom. The standard InChI is InChI=1S/C9H4ClF3N2O/c10-7-1-4(3-14)6(9(11,12)13)2-5(7)8(15)16/h1-2H,(H2,15,16). The molecule has 84 valence electrons. The van der Waals surface area contributed by atoms with Crippen LogP contribution in [0.2, 0.25) is 5.02 Å². The summed E-state index contributed by atoms with van der Waals surface area (Å²) in [7, 11) is 0. The van der Waals surface area contributed by atoms with Crippen LogP contribution >= 0.6 is 11.6 Å². The van der Waals surface area contributed by atoms with E-state index in [0.29, 0.717) is 6.07 Å². The summed E-state index contributed by atoms with van der Waals surface area (Å²) in [5.41, 5.74) is 2.50. The molecule has 1 aromatic rings. The molecular formula is C9H4ClF3N2O. The molecule has 0 aliphatic heterocycles. The van der Waals surface area contributed by atoms with Crippen molar-refractivity contribution < 1.29 is 18.0 Å². The number of amides is 1. The molecule has 0 atom stereocenters. The molecule has 16 heavy (non-hydrogen) atoms. The van der Waals surface area contributed by atoms with Gasteiger partial charge in [0.1, 0.15) is 0 Å². The zero-order valence-corrected chi connectivity index (χ0v) is 8.36.